The molecule has 0 spiro atoms. The summed E-state index contributed by atoms with van der Waals surface area (Å²) in [5.41, 5.74) is 3.33. The summed E-state index contributed by atoms with van der Waals surface area (Å²) < 4.78 is 27.0. The van der Waals surface area contributed by atoms with Crippen molar-refractivity contribution in [1.29, 1.82) is 0 Å². The van der Waals surface area contributed by atoms with E-state index in [2.05, 4.69) is 29.9 Å². The quantitative estimate of drug-likeness (QED) is 0.143. The molecule has 0 N–H and O–H groups in total. The summed E-state index contributed by atoms with van der Waals surface area (Å²) in [6.07, 6.45) is 10.3. The zero-order valence-electron chi connectivity index (χ0n) is 28.9. The SMILES string of the molecule is c1cnc(-n2c3cc(Oc4cccc(Oc5cc6cccnc6cn5)c4)ccc3c3ccc(Oc4cccc(Oc5cc6cccnc6cn5)c4)cc32)nc1. The molecule has 0 fully saturated rings. The average molecular weight is 718 g/mol. The van der Waals surface area contributed by atoms with Crippen LogP contribution in [-0.4, -0.2) is 34.5 Å². The topological polar surface area (TPSA) is 119 Å². The van der Waals surface area contributed by atoms with Gasteiger partial charge >= 0.3 is 0 Å². The molecule has 6 heterocycles. The zero-order chi connectivity index (χ0) is 36.6. The number of ether oxygens (including phenoxy) is 4. The molecule has 0 unspecified atom stereocenters. The van der Waals surface area contributed by atoms with Crippen LogP contribution >= 0.6 is 0 Å². The van der Waals surface area contributed by atoms with Crippen molar-refractivity contribution in [3.8, 4) is 52.2 Å². The van der Waals surface area contributed by atoms with Gasteiger partial charge in [-0.25, -0.2) is 19.9 Å². The van der Waals surface area contributed by atoms with E-state index in [-0.39, 0.29) is 0 Å². The first-order valence-electron chi connectivity index (χ1n) is 17.4. The van der Waals surface area contributed by atoms with Gasteiger partial charge in [0, 0.05) is 82.7 Å². The van der Waals surface area contributed by atoms with Gasteiger partial charge in [-0.05, 0) is 66.7 Å². The maximum atomic E-state index is 6.39. The van der Waals surface area contributed by atoms with E-state index >= 15 is 0 Å². The van der Waals surface area contributed by atoms with E-state index in [4.69, 9.17) is 18.9 Å². The number of hydrogen-bond donors (Lipinski definition) is 0. The lowest BCUT2D eigenvalue weighted by Gasteiger charge is -2.11. The van der Waals surface area contributed by atoms with Gasteiger partial charge in [0.05, 0.1) is 34.5 Å². The molecular formula is C44H27N7O4. The molecule has 55 heavy (non-hydrogen) atoms. The van der Waals surface area contributed by atoms with Gasteiger partial charge in [-0.15, -0.1) is 0 Å². The number of benzene rings is 4. The standard InChI is InChI=1S/C44H27N7O4/c1-8-30(22-32(10-1)54-42-20-28-6-3-16-45-38(28)26-49-42)52-34-12-14-36-37-15-13-35(25-41(37)51(40(36)24-34)44-47-18-5-19-48-44)53-31-9-2-11-33(23-31)55-43-21-29-7-4-17-46-39(29)27-50-43/h1-27H. The molecule has 0 bridgehead atoms. The number of fused-ring (bicyclic) bond motifs is 5. The van der Waals surface area contributed by atoms with Gasteiger partial charge in [0.1, 0.15) is 34.5 Å². The second kappa shape index (κ2) is 13.6. The van der Waals surface area contributed by atoms with Crippen molar-refractivity contribution in [1.82, 2.24) is 34.5 Å². The molecular weight excluding hydrogens is 691 g/mol. The Hall–Kier alpha value is -7.92. The third kappa shape index (κ3) is 6.42. The van der Waals surface area contributed by atoms with Gasteiger partial charge in [0.15, 0.2) is 0 Å². The Bertz CT molecular complexity index is 2840. The highest BCUT2D eigenvalue weighted by atomic mass is 16.5. The number of nitrogens with zero attached hydrogens (tertiary/aromatic N) is 7. The van der Waals surface area contributed by atoms with E-state index in [0.717, 1.165) is 43.6 Å². The van der Waals surface area contributed by atoms with Crippen LogP contribution in [0.1, 0.15) is 0 Å². The average Bonchev–Trinajstić information content (AvgIpc) is 3.54. The fourth-order valence-corrected chi connectivity index (χ4v) is 6.46. The van der Waals surface area contributed by atoms with E-state index in [1.54, 1.807) is 43.2 Å². The van der Waals surface area contributed by atoms with E-state index in [9.17, 15) is 0 Å². The van der Waals surface area contributed by atoms with Crippen LogP contribution < -0.4 is 18.9 Å². The first kappa shape index (κ1) is 31.8. The van der Waals surface area contributed by atoms with Crippen molar-refractivity contribution in [2.24, 2.45) is 0 Å². The molecule has 11 heteroatoms. The molecule has 4 aromatic carbocycles. The molecule has 10 rings (SSSR count). The second-order valence-electron chi connectivity index (χ2n) is 12.5. The fourth-order valence-electron chi connectivity index (χ4n) is 6.46. The van der Waals surface area contributed by atoms with E-state index in [0.29, 0.717) is 52.2 Å². The van der Waals surface area contributed by atoms with Crippen LogP contribution in [0.15, 0.2) is 165 Å². The molecule has 0 aliphatic rings. The summed E-state index contributed by atoms with van der Waals surface area (Å²) in [4.78, 5) is 26.7. The lowest BCUT2D eigenvalue weighted by atomic mass is 10.1. The molecule has 0 saturated heterocycles. The van der Waals surface area contributed by atoms with Gasteiger partial charge in [-0.3, -0.25) is 14.5 Å². The lowest BCUT2D eigenvalue weighted by Crippen LogP contribution is -2.00. The highest BCUT2D eigenvalue weighted by molar-refractivity contribution is 6.09. The number of aromatic nitrogens is 7. The van der Waals surface area contributed by atoms with Gasteiger partial charge in [0.25, 0.3) is 0 Å². The molecule has 0 saturated carbocycles. The zero-order valence-corrected chi connectivity index (χ0v) is 28.9. The predicted octanol–water partition coefficient (Wildman–Crippen LogP) is 10.6. The highest BCUT2D eigenvalue weighted by Gasteiger charge is 2.17. The maximum Gasteiger partial charge on any atom is 0.234 e. The third-order valence-corrected chi connectivity index (χ3v) is 8.92. The van der Waals surface area contributed by atoms with Gasteiger partial charge in [-0.1, -0.05) is 24.3 Å². The van der Waals surface area contributed by atoms with Crippen LogP contribution in [0, 0.1) is 0 Å². The van der Waals surface area contributed by atoms with E-state index in [1.165, 1.54) is 0 Å². The van der Waals surface area contributed by atoms with Crippen molar-refractivity contribution in [2.45, 2.75) is 0 Å². The Morgan fingerprint density at radius 2 is 0.818 bits per heavy atom. The van der Waals surface area contributed by atoms with E-state index < -0.39 is 0 Å². The minimum atomic E-state index is 0.465. The molecule has 11 nitrogen and oxygen atoms in total. The molecule has 262 valence electrons. The maximum absolute atomic E-state index is 6.39. The number of hydrogen-bond acceptors (Lipinski definition) is 10. The lowest BCUT2D eigenvalue weighted by molar-refractivity contribution is 0.449. The normalized spacial score (nSPS) is 11.3. The summed E-state index contributed by atoms with van der Waals surface area (Å²) in [5.74, 6) is 5.09. The number of pyridine rings is 4. The molecule has 0 atom stereocenters. The first-order valence-corrected chi connectivity index (χ1v) is 17.4. The van der Waals surface area contributed by atoms with Crippen LogP contribution in [0.3, 0.4) is 0 Å². The van der Waals surface area contributed by atoms with Crippen LogP contribution in [0.25, 0.3) is 49.6 Å². The Morgan fingerprint density at radius 1 is 0.364 bits per heavy atom. The molecule has 0 amide bonds. The summed E-state index contributed by atoms with van der Waals surface area (Å²) in [7, 11) is 0. The minimum absolute atomic E-state index is 0.465. The molecule has 10 aromatic rings. The van der Waals surface area contributed by atoms with Crippen LogP contribution in [-0.2, 0) is 0 Å². The van der Waals surface area contributed by atoms with Gasteiger partial charge in [-0.2, -0.15) is 0 Å². The Morgan fingerprint density at radius 3 is 1.33 bits per heavy atom. The van der Waals surface area contributed by atoms with Crippen molar-refractivity contribution in [2.75, 3.05) is 0 Å². The summed E-state index contributed by atoms with van der Waals surface area (Å²) in [6.45, 7) is 0. The Balaban J connectivity index is 0.947. The Kier molecular flexibility index (Phi) is 7.84. The van der Waals surface area contributed by atoms with Crippen LogP contribution in [0.4, 0.5) is 0 Å². The van der Waals surface area contributed by atoms with Crippen molar-refractivity contribution in [3.05, 3.63) is 165 Å². The molecule has 0 aliphatic heterocycles. The van der Waals surface area contributed by atoms with Crippen molar-refractivity contribution >= 4 is 43.6 Å². The molecule has 0 radical (unpaired) electrons. The molecule has 0 aliphatic carbocycles. The van der Waals surface area contributed by atoms with Gasteiger partial charge < -0.3 is 18.9 Å². The van der Waals surface area contributed by atoms with Crippen molar-refractivity contribution < 1.29 is 18.9 Å². The smallest absolute Gasteiger partial charge is 0.234 e. The largest absolute Gasteiger partial charge is 0.457 e. The van der Waals surface area contributed by atoms with Crippen LogP contribution in [0.5, 0.6) is 46.3 Å². The van der Waals surface area contributed by atoms with Crippen molar-refractivity contribution in [3.63, 3.8) is 0 Å². The van der Waals surface area contributed by atoms with Gasteiger partial charge in [0.2, 0.25) is 17.7 Å². The summed E-state index contributed by atoms with van der Waals surface area (Å²) in [5, 5.41) is 3.89. The first-order chi connectivity index (χ1) is 27.2. The minimum Gasteiger partial charge on any atom is -0.457 e. The van der Waals surface area contributed by atoms with Crippen LogP contribution in [0.2, 0.25) is 0 Å². The monoisotopic (exact) mass is 717 g/mol. The molecule has 6 aromatic heterocycles. The third-order valence-electron chi connectivity index (χ3n) is 8.92. The Labute approximate surface area is 313 Å². The van der Waals surface area contributed by atoms with E-state index in [1.807, 2.05) is 126 Å². The second-order valence-corrected chi connectivity index (χ2v) is 12.5. The highest BCUT2D eigenvalue weighted by Crippen LogP contribution is 2.38. The number of rotatable bonds is 9. The summed E-state index contributed by atoms with van der Waals surface area (Å²) >= 11 is 0. The summed E-state index contributed by atoms with van der Waals surface area (Å²) in [6, 6.07) is 40.0. The predicted molar refractivity (Wildman–Crippen MR) is 209 cm³/mol. The fraction of sp³-hybridized carbons (Fsp3) is 0.